The molecule has 0 aromatic heterocycles. The number of ether oxygens (including phenoxy) is 2. The molecule has 3 heteroatoms. The van der Waals surface area contributed by atoms with Crippen molar-refractivity contribution < 1.29 is 14.6 Å². The van der Waals surface area contributed by atoms with E-state index in [0.717, 1.165) is 17.1 Å². The van der Waals surface area contributed by atoms with Crippen LogP contribution in [0.4, 0.5) is 0 Å². The predicted octanol–water partition coefficient (Wildman–Crippen LogP) is 3.14. The van der Waals surface area contributed by atoms with Crippen molar-refractivity contribution in [1.82, 2.24) is 0 Å². The first-order chi connectivity index (χ1) is 8.34. The minimum Gasteiger partial charge on any atom is -0.497 e. The molecule has 0 aliphatic heterocycles. The third kappa shape index (κ3) is 4.22. The summed E-state index contributed by atoms with van der Waals surface area (Å²) in [6.45, 7) is 8.71. The summed E-state index contributed by atoms with van der Waals surface area (Å²) in [5.41, 5.74) is 1.11. The molecule has 0 spiro atoms. The highest BCUT2D eigenvalue weighted by Gasteiger charge is 2.20. The first-order valence-corrected chi connectivity index (χ1v) is 6.34. The van der Waals surface area contributed by atoms with Gasteiger partial charge < -0.3 is 14.6 Å². The number of aliphatic hydroxyl groups excluding tert-OH is 1. The minimum absolute atomic E-state index is 0.00525. The second kappa shape index (κ2) is 6.10. The second-order valence-electron chi connectivity index (χ2n) is 5.60. The lowest BCUT2D eigenvalue weighted by atomic mass is 9.86. The molecule has 18 heavy (non-hydrogen) atoms. The molecule has 3 nitrogen and oxygen atoms in total. The van der Waals surface area contributed by atoms with E-state index in [1.54, 1.807) is 14.0 Å². The van der Waals surface area contributed by atoms with Gasteiger partial charge in [-0.2, -0.15) is 0 Å². The number of rotatable bonds is 5. The zero-order valence-corrected chi connectivity index (χ0v) is 12.0. The lowest BCUT2D eigenvalue weighted by Gasteiger charge is -2.23. The Morgan fingerprint density at radius 1 is 1.28 bits per heavy atom. The van der Waals surface area contributed by atoms with Crippen molar-refractivity contribution in [2.45, 2.75) is 45.6 Å². The van der Waals surface area contributed by atoms with E-state index in [2.05, 4.69) is 20.8 Å². The van der Waals surface area contributed by atoms with Gasteiger partial charge in [0.15, 0.2) is 0 Å². The Morgan fingerprint density at radius 3 is 2.44 bits per heavy atom. The van der Waals surface area contributed by atoms with Crippen molar-refractivity contribution in [2.75, 3.05) is 13.7 Å². The van der Waals surface area contributed by atoms with Crippen LogP contribution in [0.2, 0.25) is 0 Å². The molecule has 0 radical (unpaired) electrons. The maximum Gasteiger partial charge on any atom is 0.123 e. The number of aliphatic hydroxyl groups is 1. The van der Waals surface area contributed by atoms with Gasteiger partial charge in [-0.15, -0.1) is 0 Å². The highest BCUT2D eigenvalue weighted by atomic mass is 16.5. The summed E-state index contributed by atoms with van der Waals surface area (Å²) in [6.07, 6.45) is 0.302. The van der Waals surface area contributed by atoms with E-state index in [1.807, 2.05) is 18.2 Å². The van der Waals surface area contributed by atoms with E-state index in [-0.39, 0.29) is 11.5 Å². The number of benzene rings is 1. The van der Waals surface area contributed by atoms with E-state index in [9.17, 15) is 5.11 Å². The molecular weight excluding hydrogens is 228 g/mol. The van der Waals surface area contributed by atoms with Crippen LogP contribution in [0.3, 0.4) is 0 Å². The topological polar surface area (TPSA) is 38.7 Å². The quantitative estimate of drug-likeness (QED) is 0.875. The fraction of sp³-hybridized carbons (Fsp3) is 0.600. The Kier molecular flexibility index (Phi) is 5.03. The van der Waals surface area contributed by atoms with Gasteiger partial charge in [-0.25, -0.2) is 0 Å². The normalized spacial score (nSPS) is 13.2. The smallest absolute Gasteiger partial charge is 0.123 e. The van der Waals surface area contributed by atoms with Crippen molar-refractivity contribution in [3.8, 4) is 11.5 Å². The van der Waals surface area contributed by atoms with Crippen molar-refractivity contribution in [2.24, 2.45) is 0 Å². The third-order valence-corrected chi connectivity index (χ3v) is 2.79. The molecule has 0 heterocycles. The molecule has 0 saturated heterocycles. The number of methoxy groups -OCH3 is 1. The Morgan fingerprint density at radius 2 is 1.94 bits per heavy atom. The largest absolute Gasteiger partial charge is 0.497 e. The van der Waals surface area contributed by atoms with Crippen LogP contribution in [0.25, 0.3) is 0 Å². The highest BCUT2D eigenvalue weighted by molar-refractivity contribution is 5.44. The van der Waals surface area contributed by atoms with Gasteiger partial charge in [0.2, 0.25) is 0 Å². The van der Waals surface area contributed by atoms with E-state index < -0.39 is 0 Å². The van der Waals surface area contributed by atoms with Crippen LogP contribution in [-0.2, 0) is 5.41 Å². The summed E-state index contributed by atoms with van der Waals surface area (Å²) in [5.74, 6) is 1.70. The fourth-order valence-electron chi connectivity index (χ4n) is 1.69. The van der Waals surface area contributed by atoms with Crippen LogP contribution < -0.4 is 9.47 Å². The molecule has 1 aromatic rings. The Hall–Kier alpha value is -1.22. The minimum atomic E-state index is -0.332. The Bertz CT molecular complexity index is 378. The fourth-order valence-corrected chi connectivity index (χ4v) is 1.69. The lowest BCUT2D eigenvalue weighted by Crippen LogP contribution is -2.15. The zero-order valence-electron chi connectivity index (χ0n) is 12.0. The number of hydrogen-bond donors (Lipinski definition) is 1. The molecule has 0 amide bonds. The predicted molar refractivity (Wildman–Crippen MR) is 73.5 cm³/mol. The molecule has 0 aliphatic carbocycles. The summed E-state index contributed by atoms with van der Waals surface area (Å²) in [6, 6.07) is 5.84. The van der Waals surface area contributed by atoms with Gasteiger partial charge in [-0.05, 0) is 30.5 Å². The molecular formula is C15H24O3. The molecule has 102 valence electrons. The monoisotopic (exact) mass is 252 g/mol. The molecule has 1 N–H and O–H groups in total. The van der Waals surface area contributed by atoms with Crippen LogP contribution in [0.15, 0.2) is 18.2 Å². The third-order valence-electron chi connectivity index (χ3n) is 2.79. The van der Waals surface area contributed by atoms with Crippen LogP contribution in [0.5, 0.6) is 11.5 Å². The van der Waals surface area contributed by atoms with E-state index in [0.29, 0.717) is 13.0 Å². The van der Waals surface area contributed by atoms with Crippen molar-refractivity contribution >= 4 is 0 Å². The summed E-state index contributed by atoms with van der Waals surface area (Å²) >= 11 is 0. The van der Waals surface area contributed by atoms with Crippen LogP contribution in [-0.4, -0.2) is 24.9 Å². The Labute approximate surface area is 110 Å². The van der Waals surface area contributed by atoms with Gasteiger partial charge in [-0.3, -0.25) is 0 Å². The van der Waals surface area contributed by atoms with Crippen LogP contribution >= 0.6 is 0 Å². The average Bonchev–Trinajstić information content (AvgIpc) is 2.27. The van der Waals surface area contributed by atoms with Gasteiger partial charge in [0.1, 0.15) is 11.5 Å². The molecule has 1 rings (SSSR count). The first kappa shape index (κ1) is 14.8. The molecule has 0 saturated carbocycles. The maximum absolute atomic E-state index is 9.24. The van der Waals surface area contributed by atoms with Gasteiger partial charge >= 0.3 is 0 Å². The van der Waals surface area contributed by atoms with Gasteiger partial charge in [0.05, 0.1) is 19.8 Å². The molecule has 1 atom stereocenters. The van der Waals surface area contributed by atoms with Crippen molar-refractivity contribution in [3.05, 3.63) is 23.8 Å². The Balaban J connectivity index is 2.89. The van der Waals surface area contributed by atoms with Gasteiger partial charge in [0.25, 0.3) is 0 Å². The van der Waals surface area contributed by atoms with Crippen molar-refractivity contribution in [1.29, 1.82) is 0 Å². The van der Waals surface area contributed by atoms with Crippen LogP contribution in [0.1, 0.15) is 39.7 Å². The van der Waals surface area contributed by atoms with Gasteiger partial charge in [-0.1, -0.05) is 20.8 Å². The van der Waals surface area contributed by atoms with Crippen LogP contribution in [0, 0.1) is 0 Å². The average molecular weight is 252 g/mol. The molecule has 1 unspecified atom stereocenters. The van der Waals surface area contributed by atoms with E-state index in [4.69, 9.17) is 9.47 Å². The standard InChI is InChI=1S/C15H24O3/c1-11(16)8-9-18-14-7-6-12(17-5)10-13(14)15(2,3)4/h6-7,10-11,16H,8-9H2,1-5H3. The van der Waals surface area contributed by atoms with Crippen molar-refractivity contribution in [3.63, 3.8) is 0 Å². The SMILES string of the molecule is COc1ccc(OCCC(C)O)c(C(C)(C)C)c1. The summed E-state index contributed by atoms with van der Waals surface area (Å²) < 4.78 is 11.0. The molecule has 1 aromatic carbocycles. The number of hydrogen-bond acceptors (Lipinski definition) is 3. The van der Waals surface area contributed by atoms with E-state index in [1.165, 1.54) is 0 Å². The van der Waals surface area contributed by atoms with Gasteiger partial charge in [0, 0.05) is 12.0 Å². The maximum atomic E-state index is 9.24. The summed E-state index contributed by atoms with van der Waals surface area (Å²) in [5, 5.41) is 9.24. The summed E-state index contributed by atoms with van der Waals surface area (Å²) in [7, 11) is 1.66. The molecule has 0 aliphatic rings. The second-order valence-corrected chi connectivity index (χ2v) is 5.60. The first-order valence-electron chi connectivity index (χ1n) is 6.34. The zero-order chi connectivity index (χ0) is 13.8. The lowest BCUT2D eigenvalue weighted by molar-refractivity contribution is 0.155. The highest BCUT2D eigenvalue weighted by Crippen LogP contribution is 2.34. The molecule has 0 fully saturated rings. The molecule has 0 bridgehead atoms. The van der Waals surface area contributed by atoms with E-state index >= 15 is 0 Å². The summed E-state index contributed by atoms with van der Waals surface area (Å²) in [4.78, 5) is 0.